The summed E-state index contributed by atoms with van der Waals surface area (Å²) < 4.78 is 40.9. The second-order valence-electron chi connectivity index (χ2n) is 11.2. The summed E-state index contributed by atoms with van der Waals surface area (Å²) in [4.78, 5) is 17.8. The standard InChI is InChI=1S/C31H35F3N2O5S/c32-22-6-4-18(5-7-22)19-8-11-35(12-9-19)14-21-15-36(16-25(21)20-10-13-42-17-20)31(41)24-3-1-2-23(27(37)29(33)39)26(24)28(38)30(34)40/h1-7,10,13,17,19,21,25,27-30,37-40H,8-9,11-12,14-16H2. The van der Waals surface area contributed by atoms with E-state index in [4.69, 9.17) is 0 Å². The number of thiophene rings is 1. The fourth-order valence-electron chi connectivity index (χ4n) is 6.41. The summed E-state index contributed by atoms with van der Waals surface area (Å²) in [6.45, 7) is 3.20. The highest BCUT2D eigenvalue weighted by atomic mass is 32.1. The van der Waals surface area contributed by atoms with E-state index in [2.05, 4.69) is 10.3 Å². The maximum atomic E-state index is 13.9. The second-order valence-corrected chi connectivity index (χ2v) is 12.0. The fraction of sp³-hybridized carbons (Fsp3) is 0.452. The van der Waals surface area contributed by atoms with E-state index in [9.17, 15) is 38.4 Å². The van der Waals surface area contributed by atoms with Crippen LogP contribution in [0.5, 0.6) is 0 Å². The average Bonchev–Trinajstić information content (AvgIpc) is 3.67. The lowest BCUT2D eigenvalue weighted by Crippen LogP contribution is -2.38. The van der Waals surface area contributed by atoms with Crippen LogP contribution >= 0.6 is 11.3 Å². The van der Waals surface area contributed by atoms with Crippen LogP contribution in [0.2, 0.25) is 0 Å². The van der Waals surface area contributed by atoms with E-state index >= 15 is 0 Å². The number of rotatable bonds is 9. The number of amides is 1. The number of piperidine rings is 1. The molecule has 7 nitrogen and oxygen atoms in total. The molecule has 0 radical (unpaired) electrons. The van der Waals surface area contributed by atoms with E-state index in [0.717, 1.165) is 43.6 Å². The molecule has 6 unspecified atom stereocenters. The molecule has 3 heterocycles. The maximum absolute atomic E-state index is 13.9. The minimum absolute atomic E-state index is 0.0246. The number of benzene rings is 2. The van der Waals surface area contributed by atoms with Gasteiger partial charge in [0.15, 0.2) is 0 Å². The van der Waals surface area contributed by atoms with Crippen molar-refractivity contribution in [3.8, 4) is 0 Å². The quantitative estimate of drug-likeness (QED) is 0.291. The van der Waals surface area contributed by atoms with Gasteiger partial charge < -0.3 is 30.2 Å². The van der Waals surface area contributed by atoms with Gasteiger partial charge in [0.1, 0.15) is 18.0 Å². The van der Waals surface area contributed by atoms with Gasteiger partial charge in [-0.1, -0.05) is 24.3 Å². The van der Waals surface area contributed by atoms with Crippen LogP contribution in [-0.4, -0.2) is 81.6 Å². The van der Waals surface area contributed by atoms with Gasteiger partial charge in [-0.25, -0.2) is 13.2 Å². The van der Waals surface area contributed by atoms with Gasteiger partial charge in [0.25, 0.3) is 5.91 Å². The van der Waals surface area contributed by atoms with Gasteiger partial charge in [-0.15, -0.1) is 0 Å². The molecular formula is C31H35F3N2O5S. The molecule has 2 aliphatic rings. The van der Waals surface area contributed by atoms with Crippen LogP contribution in [-0.2, 0) is 0 Å². The summed E-state index contributed by atoms with van der Waals surface area (Å²) in [5.74, 6) is -0.340. The number of carbonyl (C=O) groups excluding carboxylic acids is 1. The third-order valence-electron chi connectivity index (χ3n) is 8.63. The molecule has 6 atom stereocenters. The molecule has 5 rings (SSSR count). The fourth-order valence-corrected chi connectivity index (χ4v) is 7.14. The lowest BCUT2D eigenvalue weighted by atomic mass is 9.87. The first kappa shape index (κ1) is 30.7. The summed E-state index contributed by atoms with van der Waals surface area (Å²) in [6, 6.07) is 12.6. The number of likely N-dealkylation sites (tertiary alicyclic amines) is 2. The largest absolute Gasteiger partial charge is 0.383 e. The minimum Gasteiger partial charge on any atom is -0.383 e. The predicted octanol–water partition coefficient (Wildman–Crippen LogP) is 4.27. The van der Waals surface area contributed by atoms with Crippen molar-refractivity contribution in [3.05, 3.63) is 92.9 Å². The molecule has 3 aromatic rings. The molecule has 2 saturated heterocycles. The number of hydrogen-bond donors (Lipinski definition) is 4. The Hall–Kier alpha value is -2.80. The summed E-state index contributed by atoms with van der Waals surface area (Å²) >= 11 is 1.56. The zero-order valence-corrected chi connectivity index (χ0v) is 23.7. The average molecular weight is 605 g/mol. The van der Waals surface area contributed by atoms with Crippen molar-refractivity contribution >= 4 is 17.2 Å². The van der Waals surface area contributed by atoms with E-state index in [1.54, 1.807) is 16.2 Å². The molecule has 2 aromatic carbocycles. The van der Waals surface area contributed by atoms with Crippen molar-refractivity contribution in [2.75, 3.05) is 32.7 Å². The molecule has 1 aromatic heterocycles. The first-order chi connectivity index (χ1) is 20.1. The summed E-state index contributed by atoms with van der Waals surface area (Å²) in [5, 5.41) is 43.5. The van der Waals surface area contributed by atoms with E-state index < -0.39 is 36.4 Å². The Morgan fingerprint density at radius 3 is 2.21 bits per heavy atom. The first-order valence-corrected chi connectivity index (χ1v) is 15.0. The summed E-state index contributed by atoms with van der Waals surface area (Å²) in [5.41, 5.74) is 1.22. The Balaban J connectivity index is 1.35. The summed E-state index contributed by atoms with van der Waals surface area (Å²) in [6.07, 6.45) is -8.06. The molecule has 0 aliphatic carbocycles. The number of halogens is 3. The van der Waals surface area contributed by atoms with Crippen molar-refractivity contribution in [1.29, 1.82) is 0 Å². The number of hydrogen-bond acceptors (Lipinski definition) is 7. The smallest absolute Gasteiger partial charge is 0.254 e. The Morgan fingerprint density at radius 2 is 1.60 bits per heavy atom. The summed E-state index contributed by atoms with van der Waals surface area (Å²) in [7, 11) is 0. The molecular weight excluding hydrogens is 569 g/mol. The normalized spacial score (nSPS) is 23.1. The van der Waals surface area contributed by atoms with E-state index in [1.807, 2.05) is 23.6 Å². The lowest BCUT2D eigenvalue weighted by Gasteiger charge is -2.34. The topological polar surface area (TPSA) is 104 Å². The van der Waals surface area contributed by atoms with Gasteiger partial charge in [0.05, 0.1) is 0 Å². The van der Waals surface area contributed by atoms with Gasteiger partial charge >= 0.3 is 0 Å². The molecule has 0 saturated carbocycles. The van der Waals surface area contributed by atoms with E-state index in [0.29, 0.717) is 19.0 Å². The third kappa shape index (κ3) is 6.56. The van der Waals surface area contributed by atoms with Crippen molar-refractivity contribution in [1.82, 2.24) is 9.80 Å². The van der Waals surface area contributed by atoms with Crippen LogP contribution in [0.4, 0.5) is 13.2 Å². The number of alkyl halides is 2. The van der Waals surface area contributed by atoms with Crippen LogP contribution in [0.3, 0.4) is 0 Å². The monoisotopic (exact) mass is 604 g/mol. The van der Waals surface area contributed by atoms with Gasteiger partial charge in [0.2, 0.25) is 12.7 Å². The third-order valence-corrected chi connectivity index (χ3v) is 9.33. The highest BCUT2D eigenvalue weighted by Gasteiger charge is 2.40. The van der Waals surface area contributed by atoms with Crippen LogP contribution in [0.15, 0.2) is 59.3 Å². The molecule has 0 bridgehead atoms. The molecule has 0 spiro atoms. The van der Waals surface area contributed by atoms with E-state index in [1.165, 1.54) is 30.3 Å². The van der Waals surface area contributed by atoms with E-state index in [-0.39, 0.29) is 28.8 Å². The van der Waals surface area contributed by atoms with Crippen LogP contribution < -0.4 is 0 Å². The lowest BCUT2D eigenvalue weighted by molar-refractivity contribution is -0.0785. The van der Waals surface area contributed by atoms with Gasteiger partial charge in [-0.2, -0.15) is 11.3 Å². The van der Waals surface area contributed by atoms with Crippen LogP contribution in [0.25, 0.3) is 0 Å². The molecule has 2 aliphatic heterocycles. The Morgan fingerprint density at radius 1 is 0.905 bits per heavy atom. The second kappa shape index (κ2) is 13.2. The zero-order valence-electron chi connectivity index (χ0n) is 22.9. The van der Waals surface area contributed by atoms with Crippen LogP contribution in [0.1, 0.15) is 69.5 Å². The van der Waals surface area contributed by atoms with Crippen LogP contribution in [0, 0.1) is 11.7 Å². The van der Waals surface area contributed by atoms with Gasteiger partial charge in [-0.3, -0.25) is 4.79 Å². The SMILES string of the molecule is O=C(c1cccc(C(O)C(O)F)c1C(O)C(O)F)N1CC(CN2CCC(c3ccc(F)cc3)CC2)C(c2ccsc2)C1. The van der Waals surface area contributed by atoms with Crippen molar-refractivity contribution < 1.29 is 38.4 Å². The first-order valence-electron chi connectivity index (χ1n) is 14.1. The Labute approximate surface area is 246 Å². The highest BCUT2D eigenvalue weighted by Crippen LogP contribution is 2.38. The molecule has 11 heteroatoms. The highest BCUT2D eigenvalue weighted by molar-refractivity contribution is 7.08. The Bertz CT molecular complexity index is 1330. The maximum Gasteiger partial charge on any atom is 0.254 e. The molecule has 226 valence electrons. The van der Waals surface area contributed by atoms with Gasteiger partial charge in [-0.05, 0) is 89.5 Å². The molecule has 4 N–H and O–H groups in total. The Kier molecular flexibility index (Phi) is 9.66. The van der Waals surface area contributed by atoms with Crippen molar-refractivity contribution in [2.24, 2.45) is 5.92 Å². The van der Waals surface area contributed by atoms with Gasteiger partial charge in [0, 0.05) is 36.7 Å². The molecule has 42 heavy (non-hydrogen) atoms. The van der Waals surface area contributed by atoms with Crippen molar-refractivity contribution in [2.45, 2.75) is 49.6 Å². The van der Waals surface area contributed by atoms with Crippen molar-refractivity contribution in [3.63, 3.8) is 0 Å². The number of carbonyl (C=O) groups is 1. The zero-order chi connectivity index (χ0) is 30.0. The number of aliphatic hydroxyl groups is 4. The predicted molar refractivity (Wildman–Crippen MR) is 152 cm³/mol. The molecule has 1 amide bonds. The molecule has 2 fully saturated rings. The minimum atomic E-state index is -2.80. The number of nitrogens with zero attached hydrogens (tertiary/aromatic N) is 2. The number of aliphatic hydroxyl groups excluding tert-OH is 4.